The lowest BCUT2D eigenvalue weighted by Gasteiger charge is -2.10. The van der Waals surface area contributed by atoms with E-state index in [1.54, 1.807) is 0 Å². The number of nitrogens with zero attached hydrogens (tertiary/aromatic N) is 1. The van der Waals surface area contributed by atoms with Gasteiger partial charge in [0.1, 0.15) is 5.75 Å². The number of ether oxygens (including phenoxy) is 1. The van der Waals surface area contributed by atoms with Gasteiger partial charge in [0.05, 0.1) is 36.7 Å². The van der Waals surface area contributed by atoms with E-state index in [4.69, 9.17) is 10.8 Å². The molecular formula is C9H10F2N2O3. The minimum atomic E-state index is -2.93. The molecule has 0 aliphatic heterocycles. The molecule has 0 unspecified atom stereocenters. The summed E-state index contributed by atoms with van der Waals surface area (Å²) >= 11 is 0. The van der Waals surface area contributed by atoms with E-state index in [1.807, 2.05) is 0 Å². The minimum absolute atomic E-state index is 0.0417. The molecular weight excluding hydrogens is 222 g/mol. The lowest BCUT2D eigenvalue weighted by molar-refractivity contribution is -0.139. The van der Waals surface area contributed by atoms with Gasteiger partial charge in [-0.05, 0) is 0 Å². The molecule has 1 heterocycles. The fourth-order valence-electron chi connectivity index (χ4n) is 1.15. The molecule has 0 spiro atoms. The molecule has 0 fully saturated rings. The Balaban J connectivity index is 3.13. The highest BCUT2D eigenvalue weighted by Gasteiger charge is 2.21. The van der Waals surface area contributed by atoms with Gasteiger partial charge < -0.3 is 15.6 Å². The summed E-state index contributed by atoms with van der Waals surface area (Å²) in [6.07, 6.45) is -2.42. The number of aromatic hydroxyl groups is 1. The van der Waals surface area contributed by atoms with Crippen LogP contribution in [0.3, 0.4) is 0 Å². The van der Waals surface area contributed by atoms with E-state index in [0.29, 0.717) is 0 Å². The first-order valence-electron chi connectivity index (χ1n) is 4.28. The van der Waals surface area contributed by atoms with Crippen LogP contribution in [0.2, 0.25) is 0 Å². The molecule has 0 atom stereocenters. The number of halogens is 2. The number of aromatic nitrogens is 1. The summed E-state index contributed by atoms with van der Waals surface area (Å²) in [5, 5.41) is 9.14. The molecule has 5 nitrogen and oxygen atoms in total. The number of hydrogen-bond donors (Lipinski definition) is 2. The summed E-state index contributed by atoms with van der Waals surface area (Å²) in [5.74, 6) is -1.34. The van der Waals surface area contributed by atoms with Gasteiger partial charge in [-0.25, -0.2) is 8.78 Å². The van der Waals surface area contributed by atoms with Crippen molar-refractivity contribution in [2.45, 2.75) is 12.8 Å². The summed E-state index contributed by atoms with van der Waals surface area (Å²) in [6.45, 7) is 0. The predicted molar refractivity (Wildman–Crippen MR) is 51.0 cm³/mol. The zero-order valence-electron chi connectivity index (χ0n) is 8.41. The Labute approximate surface area is 89.9 Å². The van der Waals surface area contributed by atoms with Crippen LogP contribution in [0.15, 0.2) is 6.20 Å². The van der Waals surface area contributed by atoms with E-state index in [2.05, 4.69) is 9.72 Å². The Kier molecular flexibility index (Phi) is 3.60. The van der Waals surface area contributed by atoms with Gasteiger partial charge in [0.25, 0.3) is 6.43 Å². The van der Waals surface area contributed by atoms with E-state index in [-0.39, 0.29) is 17.8 Å². The van der Waals surface area contributed by atoms with Crippen LogP contribution in [0.25, 0.3) is 0 Å². The normalized spacial score (nSPS) is 10.5. The molecule has 0 amide bonds. The molecule has 0 saturated heterocycles. The van der Waals surface area contributed by atoms with Gasteiger partial charge in [-0.3, -0.25) is 9.78 Å². The van der Waals surface area contributed by atoms with Crippen molar-refractivity contribution in [3.8, 4) is 5.75 Å². The lowest BCUT2D eigenvalue weighted by Crippen LogP contribution is -2.10. The third-order valence-electron chi connectivity index (χ3n) is 1.98. The second-order valence-corrected chi connectivity index (χ2v) is 2.97. The highest BCUT2D eigenvalue weighted by molar-refractivity contribution is 5.74. The molecule has 0 saturated carbocycles. The number of alkyl halides is 2. The van der Waals surface area contributed by atoms with E-state index in [9.17, 15) is 13.6 Å². The largest absolute Gasteiger partial charge is 0.506 e. The van der Waals surface area contributed by atoms with Crippen molar-refractivity contribution in [2.75, 3.05) is 12.8 Å². The zero-order chi connectivity index (χ0) is 12.3. The molecule has 1 aromatic rings. The standard InChI is InChI=1S/C9H10F2N2O3/c1-16-6(15)2-4-8(12)7(9(10)11)5(14)3-13-4/h3,9,14H,2,12H2,1H3. The summed E-state index contributed by atoms with van der Waals surface area (Å²) in [7, 11) is 1.16. The number of nitrogens with two attached hydrogens (primary N) is 1. The summed E-state index contributed by atoms with van der Waals surface area (Å²) in [5.41, 5.74) is 4.23. The Morgan fingerprint density at radius 3 is 2.81 bits per heavy atom. The molecule has 0 aromatic carbocycles. The van der Waals surface area contributed by atoms with E-state index >= 15 is 0 Å². The van der Waals surface area contributed by atoms with Crippen LogP contribution in [0.1, 0.15) is 17.7 Å². The van der Waals surface area contributed by atoms with Crippen molar-refractivity contribution in [1.82, 2.24) is 4.98 Å². The fraction of sp³-hybridized carbons (Fsp3) is 0.333. The Morgan fingerprint density at radius 1 is 1.69 bits per heavy atom. The van der Waals surface area contributed by atoms with E-state index in [0.717, 1.165) is 13.3 Å². The van der Waals surface area contributed by atoms with Gasteiger partial charge in [-0.2, -0.15) is 0 Å². The van der Waals surface area contributed by atoms with Crippen LogP contribution < -0.4 is 5.73 Å². The number of carbonyl (C=O) groups is 1. The third kappa shape index (κ3) is 2.36. The van der Waals surface area contributed by atoms with Gasteiger partial charge in [0, 0.05) is 0 Å². The second kappa shape index (κ2) is 4.73. The number of carbonyl (C=O) groups excluding carboxylic acids is 1. The smallest absolute Gasteiger partial charge is 0.311 e. The van der Waals surface area contributed by atoms with Crippen LogP contribution in [0.4, 0.5) is 14.5 Å². The third-order valence-corrected chi connectivity index (χ3v) is 1.98. The number of esters is 1. The minimum Gasteiger partial charge on any atom is -0.506 e. The first-order valence-corrected chi connectivity index (χ1v) is 4.28. The molecule has 0 aliphatic carbocycles. The Bertz CT molecular complexity index is 410. The highest BCUT2D eigenvalue weighted by atomic mass is 19.3. The van der Waals surface area contributed by atoms with Crippen molar-refractivity contribution >= 4 is 11.7 Å². The number of anilines is 1. The average molecular weight is 232 g/mol. The van der Waals surface area contributed by atoms with Gasteiger partial charge >= 0.3 is 5.97 Å². The summed E-state index contributed by atoms with van der Waals surface area (Å²) in [4.78, 5) is 14.5. The van der Waals surface area contributed by atoms with Crippen molar-refractivity contribution in [1.29, 1.82) is 0 Å². The Morgan fingerprint density at radius 2 is 2.31 bits per heavy atom. The monoisotopic (exact) mass is 232 g/mol. The number of rotatable bonds is 3. The maximum absolute atomic E-state index is 12.5. The van der Waals surface area contributed by atoms with Gasteiger partial charge in [0.15, 0.2) is 0 Å². The average Bonchev–Trinajstić information content (AvgIpc) is 2.21. The lowest BCUT2D eigenvalue weighted by atomic mass is 10.1. The molecule has 7 heteroatoms. The molecule has 0 aliphatic rings. The van der Waals surface area contributed by atoms with Gasteiger partial charge in [-0.15, -0.1) is 0 Å². The van der Waals surface area contributed by atoms with Crippen molar-refractivity contribution in [2.24, 2.45) is 0 Å². The summed E-state index contributed by atoms with van der Waals surface area (Å²) < 4.78 is 29.4. The van der Waals surface area contributed by atoms with Crippen molar-refractivity contribution in [3.05, 3.63) is 17.5 Å². The molecule has 1 aromatic heterocycles. The van der Waals surface area contributed by atoms with Gasteiger partial charge in [0.2, 0.25) is 0 Å². The molecule has 88 valence electrons. The molecule has 0 radical (unpaired) electrons. The first-order chi connectivity index (χ1) is 7.47. The molecule has 0 bridgehead atoms. The number of nitrogen functional groups attached to an aromatic ring is 1. The quantitative estimate of drug-likeness (QED) is 0.760. The molecule has 3 N–H and O–H groups in total. The molecule has 1 rings (SSSR count). The van der Waals surface area contributed by atoms with Crippen LogP contribution in [0.5, 0.6) is 5.75 Å². The first kappa shape index (κ1) is 12.2. The van der Waals surface area contributed by atoms with E-state index in [1.165, 1.54) is 0 Å². The number of pyridine rings is 1. The van der Waals surface area contributed by atoms with Gasteiger partial charge in [-0.1, -0.05) is 0 Å². The topological polar surface area (TPSA) is 85.4 Å². The van der Waals surface area contributed by atoms with Crippen LogP contribution in [-0.4, -0.2) is 23.2 Å². The number of hydrogen-bond acceptors (Lipinski definition) is 5. The number of methoxy groups -OCH3 is 1. The molecule has 16 heavy (non-hydrogen) atoms. The maximum atomic E-state index is 12.5. The van der Waals surface area contributed by atoms with Crippen molar-refractivity contribution < 1.29 is 23.4 Å². The van der Waals surface area contributed by atoms with Crippen LogP contribution >= 0.6 is 0 Å². The predicted octanol–water partition coefficient (Wildman–Crippen LogP) is 1.02. The highest BCUT2D eigenvalue weighted by Crippen LogP contribution is 2.34. The van der Waals surface area contributed by atoms with Crippen LogP contribution in [-0.2, 0) is 16.0 Å². The maximum Gasteiger partial charge on any atom is 0.311 e. The summed E-state index contributed by atoms with van der Waals surface area (Å²) in [6, 6.07) is 0. The van der Waals surface area contributed by atoms with E-state index < -0.39 is 23.7 Å². The van der Waals surface area contributed by atoms with Crippen LogP contribution in [0, 0.1) is 0 Å². The fourth-order valence-corrected chi connectivity index (χ4v) is 1.15. The SMILES string of the molecule is COC(=O)Cc1ncc(O)c(C(F)F)c1N. The Hall–Kier alpha value is -1.92. The van der Waals surface area contributed by atoms with Crippen molar-refractivity contribution in [3.63, 3.8) is 0 Å². The second-order valence-electron chi connectivity index (χ2n) is 2.97. The zero-order valence-corrected chi connectivity index (χ0v) is 8.41.